The molecular weight excluding hydrogens is 421 g/mol. The number of aromatic nitrogens is 3. The van der Waals surface area contributed by atoms with E-state index in [-0.39, 0.29) is 10.5 Å². The Morgan fingerprint density at radius 2 is 1.89 bits per heavy atom. The molecule has 0 aliphatic carbocycles. The third-order valence-electron chi connectivity index (χ3n) is 3.78. The number of nitrogens with zero attached hydrogens (tertiary/aromatic N) is 3. The van der Waals surface area contributed by atoms with Crippen molar-refractivity contribution < 1.29 is 8.42 Å². The van der Waals surface area contributed by atoms with Crippen LogP contribution in [0.2, 0.25) is 10.0 Å². The van der Waals surface area contributed by atoms with Crippen molar-refractivity contribution in [2.45, 2.75) is 44.6 Å². The van der Waals surface area contributed by atoms with Crippen molar-refractivity contribution in [3.63, 3.8) is 0 Å². The largest absolute Gasteiger partial charge is 0.339 e. The fourth-order valence-electron chi connectivity index (χ4n) is 2.76. The lowest BCUT2D eigenvalue weighted by Crippen LogP contribution is -2.40. The van der Waals surface area contributed by atoms with Crippen molar-refractivity contribution in [3.05, 3.63) is 46.2 Å². The minimum absolute atomic E-state index is 0.0748. The molecule has 3 aromatic rings. The summed E-state index contributed by atoms with van der Waals surface area (Å²) in [6.45, 7) is 7.19. The second-order valence-corrected chi connectivity index (χ2v) is 9.76. The highest BCUT2D eigenvalue weighted by Crippen LogP contribution is 2.30. The zero-order valence-electron chi connectivity index (χ0n) is 15.9. The summed E-state index contributed by atoms with van der Waals surface area (Å²) < 4.78 is 30.2. The maximum atomic E-state index is 13.0. The smallest absolute Gasteiger partial charge is 0.246 e. The van der Waals surface area contributed by atoms with E-state index in [4.69, 9.17) is 23.2 Å². The van der Waals surface area contributed by atoms with Gasteiger partial charge in [-0.2, -0.15) is 9.61 Å². The summed E-state index contributed by atoms with van der Waals surface area (Å²) in [6, 6.07) is 6.72. The molecule has 0 bridgehead atoms. The molecule has 0 aliphatic rings. The van der Waals surface area contributed by atoms with Gasteiger partial charge in [-0.1, -0.05) is 30.1 Å². The number of aryl methyl sites for hydroxylation is 1. The normalized spacial score (nSPS) is 12.5. The minimum atomic E-state index is -3.82. The number of rotatable bonds is 5. The molecule has 0 fully saturated rings. The molecule has 0 saturated carbocycles. The summed E-state index contributed by atoms with van der Waals surface area (Å²) >= 11 is 12.3. The molecule has 0 atom stereocenters. The number of sulfonamides is 1. The van der Waals surface area contributed by atoms with E-state index < -0.39 is 15.6 Å². The lowest BCUT2D eigenvalue weighted by atomic mass is 10.1. The first-order valence-corrected chi connectivity index (χ1v) is 10.9. The van der Waals surface area contributed by atoms with Crippen molar-refractivity contribution in [1.29, 1.82) is 0 Å². The number of hydrogen-bond donors (Lipinski definition) is 2. The van der Waals surface area contributed by atoms with Gasteiger partial charge in [-0.15, -0.1) is 0 Å². The first kappa shape index (κ1) is 20.9. The second kappa shape index (κ2) is 7.51. The van der Waals surface area contributed by atoms with E-state index in [9.17, 15) is 8.42 Å². The third kappa shape index (κ3) is 4.25. The lowest BCUT2D eigenvalue weighted by Gasteiger charge is -2.20. The standard InChI is InChI=1S/C18H21Cl2N5O2S/c1-5-13-16(28(26,27)24-18(2,3)4)17-21-9-8-15(25(17)23-13)22-14-10-11(19)6-7-12(14)20/h6-10,22,24H,5H2,1-4H3. The highest BCUT2D eigenvalue weighted by molar-refractivity contribution is 7.89. The summed E-state index contributed by atoms with van der Waals surface area (Å²) in [7, 11) is -3.82. The molecule has 0 amide bonds. The molecule has 7 nitrogen and oxygen atoms in total. The molecule has 0 saturated heterocycles. The Bertz CT molecular complexity index is 1140. The molecule has 0 radical (unpaired) electrons. The molecule has 3 rings (SSSR count). The van der Waals surface area contributed by atoms with Crippen LogP contribution in [0.3, 0.4) is 0 Å². The summed E-state index contributed by atoms with van der Waals surface area (Å²) in [4.78, 5) is 4.35. The van der Waals surface area contributed by atoms with Crippen molar-refractivity contribution in [2.75, 3.05) is 5.32 Å². The summed E-state index contributed by atoms with van der Waals surface area (Å²) in [6.07, 6.45) is 1.95. The van der Waals surface area contributed by atoms with E-state index in [0.29, 0.717) is 33.7 Å². The van der Waals surface area contributed by atoms with Gasteiger partial charge >= 0.3 is 0 Å². The predicted octanol–water partition coefficient (Wildman–Crippen LogP) is 4.42. The first-order chi connectivity index (χ1) is 13.0. The van der Waals surface area contributed by atoms with Crippen molar-refractivity contribution in [2.24, 2.45) is 0 Å². The molecule has 2 heterocycles. The van der Waals surface area contributed by atoms with Gasteiger partial charge in [0.25, 0.3) is 0 Å². The quantitative estimate of drug-likeness (QED) is 0.611. The van der Waals surface area contributed by atoms with E-state index in [1.165, 1.54) is 10.7 Å². The van der Waals surface area contributed by atoms with Gasteiger partial charge in [-0.3, -0.25) is 0 Å². The minimum Gasteiger partial charge on any atom is -0.339 e. The van der Waals surface area contributed by atoms with Crippen LogP contribution in [-0.4, -0.2) is 28.6 Å². The van der Waals surface area contributed by atoms with Gasteiger partial charge in [-0.05, 0) is 51.5 Å². The van der Waals surface area contributed by atoms with Crippen molar-refractivity contribution >= 4 is 50.4 Å². The van der Waals surface area contributed by atoms with Crippen LogP contribution >= 0.6 is 23.2 Å². The van der Waals surface area contributed by atoms with Gasteiger partial charge in [0.1, 0.15) is 10.7 Å². The zero-order valence-corrected chi connectivity index (χ0v) is 18.2. The molecule has 28 heavy (non-hydrogen) atoms. The molecular formula is C18H21Cl2N5O2S. The average molecular weight is 442 g/mol. The van der Waals surface area contributed by atoms with Gasteiger partial charge in [0.15, 0.2) is 5.65 Å². The van der Waals surface area contributed by atoms with E-state index in [1.807, 2.05) is 6.92 Å². The average Bonchev–Trinajstić information content (AvgIpc) is 2.96. The van der Waals surface area contributed by atoms with Crippen LogP contribution in [0.1, 0.15) is 33.4 Å². The number of benzene rings is 1. The van der Waals surface area contributed by atoms with Gasteiger partial charge in [-0.25, -0.2) is 18.1 Å². The number of anilines is 2. The fraction of sp³-hybridized carbons (Fsp3) is 0.333. The van der Waals surface area contributed by atoms with Crippen molar-refractivity contribution in [3.8, 4) is 0 Å². The van der Waals surface area contributed by atoms with Gasteiger partial charge in [0, 0.05) is 16.8 Å². The zero-order chi connectivity index (χ0) is 20.7. The Hall–Kier alpha value is -1.87. The highest BCUT2D eigenvalue weighted by Gasteiger charge is 2.30. The van der Waals surface area contributed by atoms with Crippen LogP contribution in [0.5, 0.6) is 0 Å². The molecule has 150 valence electrons. The number of fused-ring (bicyclic) bond motifs is 1. The van der Waals surface area contributed by atoms with E-state index in [2.05, 4.69) is 20.1 Å². The fourth-order valence-corrected chi connectivity index (χ4v) is 4.88. The Morgan fingerprint density at radius 1 is 1.18 bits per heavy atom. The van der Waals surface area contributed by atoms with Crippen LogP contribution in [0.4, 0.5) is 11.5 Å². The molecule has 10 heteroatoms. The second-order valence-electron chi connectivity index (χ2n) is 7.30. The number of nitrogens with one attached hydrogen (secondary N) is 2. The van der Waals surface area contributed by atoms with Crippen LogP contribution in [0.25, 0.3) is 5.65 Å². The van der Waals surface area contributed by atoms with Crippen LogP contribution in [0, 0.1) is 0 Å². The Labute approximate surface area is 174 Å². The third-order valence-corrected chi connectivity index (χ3v) is 6.18. The molecule has 0 unspecified atom stereocenters. The Kier molecular flexibility index (Phi) is 5.60. The lowest BCUT2D eigenvalue weighted by molar-refractivity contribution is 0.491. The van der Waals surface area contributed by atoms with Gasteiger partial charge in [0.05, 0.1) is 16.4 Å². The monoisotopic (exact) mass is 441 g/mol. The molecule has 1 aromatic carbocycles. The molecule has 0 spiro atoms. The number of halogens is 2. The highest BCUT2D eigenvalue weighted by atomic mass is 35.5. The predicted molar refractivity (Wildman–Crippen MR) is 112 cm³/mol. The maximum absolute atomic E-state index is 13.0. The van der Waals surface area contributed by atoms with Crippen LogP contribution in [0.15, 0.2) is 35.4 Å². The first-order valence-electron chi connectivity index (χ1n) is 8.64. The summed E-state index contributed by atoms with van der Waals surface area (Å²) in [5.74, 6) is 0.515. The molecule has 0 aliphatic heterocycles. The van der Waals surface area contributed by atoms with Gasteiger partial charge < -0.3 is 5.32 Å². The topological polar surface area (TPSA) is 88.4 Å². The van der Waals surface area contributed by atoms with Gasteiger partial charge in [0.2, 0.25) is 10.0 Å². The van der Waals surface area contributed by atoms with Crippen LogP contribution in [-0.2, 0) is 16.4 Å². The SMILES string of the molecule is CCc1nn2c(Nc3cc(Cl)ccc3Cl)ccnc2c1S(=O)(=O)NC(C)(C)C. The van der Waals surface area contributed by atoms with Crippen molar-refractivity contribution in [1.82, 2.24) is 19.3 Å². The number of hydrogen-bond acceptors (Lipinski definition) is 5. The maximum Gasteiger partial charge on any atom is 0.246 e. The van der Waals surface area contributed by atoms with E-state index >= 15 is 0 Å². The molecule has 2 N–H and O–H groups in total. The van der Waals surface area contributed by atoms with E-state index in [0.717, 1.165) is 0 Å². The Balaban J connectivity index is 2.17. The van der Waals surface area contributed by atoms with E-state index in [1.54, 1.807) is 45.0 Å². The Morgan fingerprint density at radius 3 is 2.54 bits per heavy atom. The van der Waals surface area contributed by atoms with Crippen LogP contribution < -0.4 is 10.0 Å². The molecule has 2 aromatic heterocycles. The summed E-state index contributed by atoms with van der Waals surface area (Å²) in [5.41, 5.74) is 0.599. The summed E-state index contributed by atoms with van der Waals surface area (Å²) in [5, 5.41) is 8.61.